The number of para-hydroxylation sites is 1. The van der Waals surface area contributed by atoms with Crippen molar-refractivity contribution >= 4 is 33.3 Å². The molecule has 1 saturated heterocycles. The number of nitrogens with one attached hydrogen (secondary N) is 1. The average molecular weight is 418 g/mol. The molecule has 0 bridgehead atoms. The van der Waals surface area contributed by atoms with Gasteiger partial charge >= 0.3 is 5.97 Å². The predicted octanol–water partition coefficient (Wildman–Crippen LogP) is 2.17. The Morgan fingerprint density at radius 3 is 2.62 bits per heavy atom. The van der Waals surface area contributed by atoms with Crippen molar-refractivity contribution in [1.29, 1.82) is 0 Å². The lowest BCUT2D eigenvalue weighted by Gasteiger charge is -2.20. The first kappa shape index (κ1) is 20.8. The fraction of sp³-hybridized carbons (Fsp3) is 0.300. The molecule has 2 aromatic carbocycles. The zero-order valence-electron chi connectivity index (χ0n) is 15.9. The normalized spacial score (nSPS) is 16.2. The first-order valence-corrected chi connectivity index (χ1v) is 10.5. The van der Waals surface area contributed by atoms with Gasteiger partial charge in [0.1, 0.15) is 0 Å². The summed E-state index contributed by atoms with van der Waals surface area (Å²) >= 11 is 0. The Kier molecular flexibility index (Phi) is 6.50. The van der Waals surface area contributed by atoms with E-state index >= 15 is 0 Å². The van der Waals surface area contributed by atoms with Crippen molar-refractivity contribution in [3.63, 3.8) is 0 Å². The van der Waals surface area contributed by atoms with Crippen LogP contribution in [-0.2, 0) is 29.1 Å². The van der Waals surface area contributed by atoms with Gasteiger partial charge in [0.05, 0.1) is 10.6 Å². The van der Waals surface area contributed by atoms with E-state index in [2.05, 4.69) is 5.32 Å². The van der Waals surface area contributed by atoms with Crippen LogP contribution in [0.5, 0.6) is 0 Å². The van der Waals surface area contributed by atoms with Gasteiger partial charge in [-0.25, -0.2) is 13.2 Å². The van der Waals surface area contributed by atoms with Crippen LogP contribution >= 0.6 is 0 Å². The third-order valence-corrected chi connectivity index (χ3v) is 6.22. The maximum Gasteiger partial charge on any atom is 0.335 e. The molecule has 1 atom stereocenters. The minimum absolute atomic E-state index is 0.0259. The topological polar surface area (TPSA) is 102 Å². The zero-order valence-corrected chi connectivity index (χ0v) is 16.7. The number of rotatable bonds is 7. The zero-order chi connectivity index (χ0) is 20.9. The Morgan fingerprint density at radius 2 is 1.93 bits per heavy atom. The lowest BCUT2D eigenvalue weighted by molar-refractivity contribution is -0.156. The standard InChI is InChI=1S/C20H22N2O6S/c1-22(16-8-3-2-4-9-16)29(25,26)17-10-5-7-15(13-17)21-19(23)14-28-20(24)18-11-6-12-27-18/h2-5,7-10,13,18H,6,11-12,14H2,1H3,(H,21,23)/t18-/m1/s1. The first-order valence-electron chi connectivity index (χ1n) is 9.10. The fourth-order valence-electron chi connectivity index (χ4n) is 2.86. The maximum atomic E-state index is 12.9. The highest BCUT2D eigenvalue weighted by Gasteiger charge is 2.26. The van der Waals surface area contributed by atoms with Gasteiger partial charge in [-0.1, -0.05) is 24.3 Å². The Hall–Kier alpha value is -2.91. The van der Waals surface area contributed by atoms with Gasteiger partial charge in [-0.15, -0.1) is 0 Å². The molecule has 1 amide bonds. The summed E-state index contributed by atoms with van der Waals surface area (Å²) in [5.41, 5.74) is 0.800. The second-order valence-electron chi connectivity index (χ2n) is 6.49. The van der Waals surface area contributed by atoms with E-state index in [4.69, 9.17) is 9.47 Å². The summed E-state index contributed by atoms with van der Waals surface area (Å²) in [7, 11) is -2.35. The number of sulfonamides is 1. The molecule has 1 N–H and O–H groups in total. The summed E-state index contributed by atoms with van der Waals surface area (Å²) in [5, 5.41) is 2.54. The van der Waals surface area contributed by atoms with Crippen molar-refractivity contribution in [1.82, 2.24) is 0 Å². The summed E-state index contributed by atoms with van der Waals surface area (Å²) in [6.07, 6.45) is 0.740. The quantitative estimate of drug-likeness (QED) is 0.692. The summed E-state index contributed by atoms with van der Waals surface area (Å²) < 4.78 is 37.0. The van der Waals surface area contributed by atoms with E-state index in [1.807, 2.05) is 0 Å². The first-order chi connectivity index (χ1) is 13.9. The molecule has 0 radical (unpaired) electrons. The Morgan fingerprint density at radius 1 is 1.17 bits per heavy atom. The molecule has 0 aliphatic carbocycles. The van der Waals surface area contributed by atoms with Crippen LogP contribution in [0, 0.1) is 0 Å². The van der Waals surface area contributed by atoms with Gasteiger partial charge in [0.2, 0.25) is 0 Å². The molecule has 154 valence electrons. The highest BCUT2D eigenvalue weighted by Crippen LogP contribution is 2.23. The molecule has 1 aliphatic rings. The van der Waals surface area contributed by atoms with Crippen LogP contribution in [0.15, 0.2) is 59.5 Å². The summed E-state index contributed by atoms with van der Waals surface area (Å²) in [5.74, 6) is -1.14. The van der Waals surface area contributed by atoms with Gasteiger partial charge in [0, 0.05) is 19.3 Å². The van der Waals surface area contributed by atoms with Crippen LogP contribution < -0.4 is 9.62 Å². The second kappa shape index (κ2) is 9.06. The van der Waals surface area contributed by atoms with Crippen LogP contribution in [0.25, 0.3) is 0 Å². The van der Waals surface area contributed by atoms with E-state index in [9.17, 15) is 18.0 Å². The van der Waals surface area contributed by atoms with E-state index in [0.29, 0.717) is 18.7 Å². The van der Waals surface area contributed by atoms with Crippen LogP contribution in [0.3, 0.4) is 0 Å². The predicted molar refractivity (Wildman–Crippen MR) is 107 cm³/mol. The van der Waals surface area contributed by atoms with Gasteiger partial charge in [-0.3, -0.25) is 9.10 Å². The Balaban J connectivity index is 1.64. The molecule has 1 fully saturated rings. The van der Waals surface area contributed by atoms with Crippen LogP contribution in [0.2, 0.25) is 0 Å². The number of hydrogen-bond donors (Lipinski definition) is 1. The number of anilines is 2. The van der Waals surface area contributed by atoms with Crippen LogP contribution in [-0.4, -0.2) is 46.7 Å². The van der Waals surface area contributed by atoms with Crippen LogP contribution in [0.4, 0.5) is 11.4 Å². The molecule has 0 aromatic heterocycles. The summed E-state index contributed by atoms with van der Waals surface area (Å²) in [6, 6.07) is 14.5. The van der Waals surface area contributed by atoms with Gasteiger partial charge in [0.15, 0.2) is 12.7 Å². The third-order valence-electron chi connectivity index (χ3n) is 4.43. The van der Waals surface area contributed by atoms with E-state index in [0.717, 1.165) is 10.7 Å². The molecule has 3 rings (SSSR count). The molecule has 8 nitrogen and oxygen atoms in total. The monoisotopic (exact) mass is 418 g/mol. The molecule has 29 heavy (non-hydrogen) atoms. The Bertz CT molecular complexity index is 971. The van der Waals surface area contributed by atoms with E-state index in [1.54, 1.807) is 36.4 Å². The largest absolute Gasteiger partial charge is 0.454 e. The molecular formula is C20H22N2O6S. The smallest absolute Gasteiger partial charge is 0.335 e. The maximum absolute atomic E-state index is 12.9. The number of amides is 1. The van der Waals surface area contributed by atoms with Crippen molar-refractivity contribution < 1.29 is 27.5 Å². The average Bonchev–Trinajstić information content (AvgIpc) is 3.27. The number of ether oxygens (including phenoxy) is 2. The van der Waals surface area contributed by atoms with Crippen molar-refractivity contribution in [2.75, 3.05) is 29.9 Å². The van der Waals surface area contributed by atoms with Crippen molar-refractivity contribution in [2.24, 2.45) is 0 Å². The minimum atomic E-state index is -3.81. The van der Waals surface area contributed by atoms with Crippen molar-refractivity contribution in [3.8, 4) is 0 Å². The van der Waals surface area contributed by atoms with Gasteiger partial charge in [-0.2, -0.15) is 0 Å². The van der Waals surface area contributed by atoms with Gasteiger partial charge in [-0.05, 0) is 43.2 Å². The molecule has 1 aliphatic heterocycles. The Labute approximate surface area is 169 Å². The summed E-state index contributed by atoms with van der Waals surface area (Å²) in [6.45, 7) is 0.0320. The molecule has 2 aromatic rings. The van der Waals surface area contributed by atoms with E-state index in [1.165, 1.54) is 25.2 Å². The number of hydrogen-bond acceptors (Lipinski definition) is 6. The van der Waals surface area contributed by atoms with Gasteiger partial charge < -0.3 is 14.8 Å². The molecule has 0 saturated carbocycles. The van der Waals surface area contributed by atoms with E-state index < -0.39 is 34.6 Å². The van der Waals surface area contributed by atoms with Crippen molar-refractivity contribution in [2.45, 2.75) is 23.8 Å². The van der Waals surface area contributed by atoms with Gasteiger partial charge in [0.25, 0.3) is 15.9 Å². The minimum Gasteiger partial charge on any atom is -0.454 e. The molecular weight excluding hydrogens is 396 g/mol. The van der Waals surface area contributed by atoms with E-state index in [-0.39, 0.29) is 10.6 Å². The second-order valence-corrected chi connectivity index (χ2v) is 8.46. The number of benzene rings is 2. The lowest BCUT2D eigenvalue weighted by atomic mass is 10.2. The SMILES string of the molecule is CN(c1ccccc1)S(=O)(=O)c1cccc(NC(=O)COC(=O)[C@H]2CCCO2)c1. The van der Waals surface area contributed by atoms with Crippen molar-refractivity contribution in [3.05, 3.63) is 54.6 Å². The molecule has 1 heterocycles. The van der Waals surface area contributed by atoms with Crippen LogP contribution in [0.1, 0.15) is 12.8 Å². The lowest BCUT2D eigenvalue weighted by Crippen LogP contribution is -2.28. The number of carbonyl (C=O) groups is 2. The number of esters is 1. The highest BCUT2D eigenvalue weighted by molar-refractivity contribution is 7.92. The fourth-order valence-corrected chi connectivity index (χ4v) is 4.10. The number of nitrogens with zero attached hydrogens (tertiary/aromatic N) is 1. The number of carbonyl (C=O) groups excluding carboxylic acids is 2. The highest BCUT2D eigenvalue weighted by atomic mass is 32.2. The molecule has 9 heteroatoms. The molecule has 0 unspecified atom stereocenters. The summed E-state index contributed by atoms with van der Waals surface area (Å²) in [4.78, 5) is 23.9. The molecule has 0 spiro atoms. The third kappa shape index (κ3) is 5.12.